The maximum Gasteiger partial charge on any atom is 0.146 e. The summed E-state index contributed by atoms with van der Waals surface area (Å²) in [5.74, 6) is -1.54. The van der Waals surface area contributed by atoms with Gasteiger partial charge in [-0.1, -0.05) is 0 Å². The second kappa shape index (κ2) is 4.02. The van der Waals surface area contributed by atoms with Crippen molar-refractivity contribution in [2.45, 2.75) is 13.0 Å². The first-order valence-electron chi connectivity index (χ1n) is 3.46. The van der Waals surface area contributed by atoms with Crippen LogP contribution in [0.1, 0.15) is 18.6 Å². The monoisotopic (exact) mass is 314 g/mol. The second-order valence-electron chi connectivity index (χ2n) is 2.56. The van der Waals surface area contributed by atoms with Crippen LogP contribution in [0.3, 0.4) is 0 Å². The number of aliphatic hydroxyl groups excluding tert-OH is 1. The van der Waals surface area contributed by atoms with Crippen LogP contribution in [0.4, 0.5) is 8.78 Å². The number of rotatable bonds is 1. The highest BCUT2D eigenvalue weighted by Crippen LogP contribution is 2.31. The minimum Gasteiger partial charge on any atom is -0.388 e. The lowest BCUT2D eigenvalue weighted by Crippen LogP contribution is -2.02. The maximum absolute atomic E-state index is 13.2. The lowest BCUT2D eigenvalue weighted by molar-refractivity contribution is 0.188. The Bertz CT molecular complexity index is 313. The molecular formula is C8H6Br2F2O. The van der Waals surface area contributed by atoms with E-state index in [9.17, 15) is 8.78 Å². The Kier molecular flexibility index (Phi) is 3.43. The van der Waals surface area contributed by atoms with Crippen molar-refractivity contribution >= 4 is 31.9 Å². The lowest BCUT2D eigenvalue weighted by atomic mass is 10.1. The highest BCUT2D eigenvalue weighted by molar-refractivity contribution is 9.11. The SMILES string of the molecule is CC(O)c1c(F)c(Br)cc(Br)c1F. The first kappa shape index (κ1) is 11.1. The van der Waals surface area contributed by atoms with E-state index in [0.29, 0.717) is 0 Å². The van der Waals surface area contributed by atoms with Gasteiger partial charge in [0.15, 0.2) is 0 Å². The Hall–Kier alpha value is -0.0000000000000000555. The zero-order valence-corrected chi connectivity index (χ0v) is 9.79. The van der Waals surface area contributed by atoms with Crippen LogP contribution in [-0.4, -0.2) is 5.11 Å². The fourth-order valence-corrected chi connectivity index (χ4v) is 2.15. The summed E-state index contributed by atoms with van der Waals surface area (Å²) in [5, 5.41) is 9.11. The van der Waals surface area contributed by atoms with E-state index in [1.54, 1.807) is 0 Å². The van der Waals surface area contributed by atoms with E-state index in [2.05, 4.69) is 31.9 Å². The van der Waals surface area contributed by atoms with Crippen molar-refractivity contribution < 1.29 is 13.9 Å². The van der Waals surface area contributed by atoms with Gasteiger partial charge >= 0.3 is 0 Å². The van der Waals surface area contributed by atoms with Crippen LogP contribution in [0.5, 0.6) is 0 Å². The standard InChI is InChI=1S/C8H6Br2F2O/c1-3(13)6-7(11)4(9)2-5(10)8(6)12/h2-3,13H,1H3. The molecule has 72 valence electrons. The van der Waals surface area contributed by atoms with Gasteiger partial charge in [0.25, 0.3) is 0 Å². The summed E-state index contributed by atoms with van der Waals surface area (Å²) in [5.41, 5.74) is -0.332. The Morgan fingerprint density at radius 3 is 1.92 bits per heavy atom. The average molecular weight is 316 g/mol. The molecule has 0 radical (unpaired) electrons. The molecule has 0 fully saturated rings. The quantitative estimate of drug-likeness (QED) is 0.786. The molecule has 0 aliphatic heterocycles. The molecule has 0 spiro atoms. The third-order valence-corrected chi connectivity index (χ3v) is 2.72. The molecule has 1 rings (SSSR count). The van der Waals surface area contributed by atoms with Gasteiger partial charge in [-0.3, -0.25) is 0 Å². The number of hydrogen-bond donors (Lipinski definition) is 1. The molecule has 1 N–H and O–H groups in total. The van der Waals surface area contributed by atoms with Crippen LogP contribution < -0.4 is 0 Å². The molecule has 0 saturated heterocycles. The first-order valence-corrected chi connectivity index (χ1v) is 5.04. The first-order chi connectivity index (χ1) is 5.95. The zero-order chi connectivity index (χ0) is 10.2. The average Bonchev–Trinajstić information content (AvgIpc) is 2.01. The largest absolute Gasteiger partial charge is 0.388 e. The topological polar surface area (TPSA) is 20.2 Å². The van der Waals surface area contributed by atoms with Crippen molar-refractivity contribution in [3.05, 3.63) is 32.2 Å². The summed E-state index contributed by atoms with van der Waals surface area (Å²) in [6.45, 7) is 1.31. The number of halogens is 4. The molecule has 1 nitrogen and oxygen atoms in total. The van der Waals surface area contributed by atoms with E-state index in [4.69, 9.17) is 5.11 Å². The predicted molar refractivity (Wildman–Crippen MR) is 52.4 cm³/mol. The smallest absolute Gasteiger partial charge is 0.146 e. The molecule has 0 aliphatic carbocycles. The van der Waals surface area contributed by atoms with Crippen molar-refractivity contribution in [1.82, 2.24) is 0 Å². The minimum atomic E-state index is -1.17. The van der Waals surface area contributed by atoms with Crippen LogP contribution >= 0.6 is 31.9 Å². The van der Waals surface area contributed by atoms with E-state index in [1.807, 2.05) is 0 Å². The molecule has 0 aliphatic rings. The second-order valence-corrected chi connectivity index (χ2v) is 4.27. The van der Waals surface area contributed by atoms with Gasteiger partial charge in [0.2, 0.25) is 0 Å². The highest BCUT2D eigenvalue weighted by Gasteiger charge is 2.19. The molecule has 13 heavy (non-hydrogen) atoms. The Morgan fingerprint density at radius 1 is 1.23 bits per heavy atom. The van der Waals surface area contributed by atoms with Crippen LogP contribution in [0, 0.1) is 11.6 Å². The summed E-state index contributed by atoms with van der Waals surface area (Å²) < 4.78 is 26.7. The van der Waals surface area contributed by atoms with Gasteiger partial charge in [-0.05, 0) is 44.8 Å². The Balaban J connectivity index is 3.46. The molecule has 1 aromatic carbocycles. The summed E-state index contributed by atoms with van der Waals surface area (Å²) in [6.07, 6.45) is -1.17. The van der Waals surface area contributed by atoms with Gasteiger partial charge in [-0.15, -0.1) is 0 Å². The van der Waals surface area contributed by atoms with Crippen molar-refractivity contribution in [2.24, 2.45) is 0 Å². The van der Waals surface area contributed by atoms with Crippen LogP contribution in [0.25, 0.3) is 0 Å². The molecule has 0 bridgehead atoms. The summed E-state index contributed by atoms with van der Waals surface area (Å²) >= 11 is 5.83. The molecule has 0 amide bonds. The van der Waals surface area contributed by atoms with Gasteiger partial charge in [0.1, 0.15) is 11.6 Å². The van der Waals surface area contributed by atoms with Gasteiger partial charge in [-0.2, -0.15) is 0 Å². The molecular weight excluding hydrogens is 310 g/mol. The van der Waals surface area contributed by atoms with Crippen LogP contribution in [0.2, 0.25) is 0 Å². The van der Waals surface area contributed by atoms with Gasteiger partial charge in [0.05, 0.1) is 20.6 Å². The molecule has 0 aromatic heterocycles. The summed E-state index contributed by atoms with van der Waals surface area (Å²) in [6, 6.07) is 1.26. The normalized spacial score (nSPS) is 13.1. The summed E-state index contributed by atoms with van der Waals surface area (Å²) in [7, 11) is 0. The molecule has 0 heterocycles. The molecule has 1 unspecified atom stereocenters. The fourth-order valence-electron chi connectivity index (χ4n) is 0.958. The number of aliphatic hydroxyl groups is 1. The van der Waals surface area contributed by atoms with Gasteiger partial charge in [-0.25, -0.2) is 8.78 Å². The number of hydrogen-bond acceptors (Lipinski definition) is 1. The van der Waals surface area contributed by atoms with Crippen molar-refractivity contribution in [1.29, 1.82) is 0 Å². The van der Waals surface area contributed by atoms with E-state index < -0.39 is 17.7 Å². The third-order valence-electron chi connectivity index (χ3n) is 1.56. The number of benzene rings is 1. The zero-order valence-electron chi connectivity index (χ0n) is 6.61. The van der Waals surface area contributed by atoms with E-state index >= 15 is 0 Å². The third kappa shape index (κ3) is 2.08. The molecule has 0 saturated carbocycles. The predicted octanol–water partition coefficient (Wildman–Crippen LogP) is 3.54. The van der Waals surface area contributed by atoms with Crippen LogP contribution in [-0.2, 0) is 0 Å². The maximum atomic E-state index is 13.2. The minimum absolute atomic E-state index is 0.122. The fraction of sp³-hybridized carbons (Fsp3) is 0.250. The Morgan fingerprint density at radius 2 is 1.62 bits per heavy atom. The molecule has 1 atom stereocenters. The van der Waals surface area contributed by atoms with Crippen molar-refractivity contribution in [3.8, 4) is 0 Å². The van der Waals surface area contributed by atoms with E-state index in [-0.39, 0.29) is 14.5 Å². The lowest BCUT2D eigenvalue weighted by Gasteiger charge is -2.10. The molecule has 1 aromatic rings. The van der Waals surface area contributed by atoms with Crippen molar-refractivity contribution in [2.75, 3.05) is 0 Å². The summed E-state index contributed by atoms with van der Waals surface area (Å²) in [4.78, 5) is 0. The van der Waals surface area contributed by atoms with Gasteiger partial charge < -0.3 is 5.11 Å². The van der Waals surface area contributed by atoms with Crippen LogP contribution in [0.15, 0.2) is 15.0 Å². The molecule has 5 heteroatoms. The van der Waals surface area contributed by atoms with E-state index in [0.717, 1.165) is 0 Å². The van der Waals surface area contributed by atoms with Gasteiger partial charge in [0, 0.05) is 0 Å². The van der Waals surface area contributed by atoms with E-state index in [1.165, 1.54) is 13.0 Å². The Labute approximate surface area is 91.0 Å². The highest BCUT2D eigenvalue weighted by atomic mass is 79.9. The van der Waals surface area contributed by atoms with Crippen molar-refractivity contribution in [3.63, 3.8) is 0 Å².